The molecule has 14 heteroatoms. The molecule has 3 aliphatic rings. The number of nitrogens with two attached hydrogens (primary N) is 1. The number of nitrogens with zero attached hydrogens (tertiary/aromatic N) is 2. The van der Waals surface area contributed by atoms with E-state index in [1.165, 1.54) is 12.3 Å². The van der Waals surface area contributed by atoms with E-state index < -0.39 is 50.6 Å². The van der Waals surface area contributed by atoms with Crippen molar-refractivity contribution >= 4 is 19.6 Å². The SMILES string of the molecule is Nc1ccn([C@@H]2O[C@H](COP(=O)(O)OCC3C4C=C(C(=O)O)CC43)[C@H](O)[C@@H]2O)c(=O)n1. The van der Waals surface area contributed by atoms with Crippen molar-refractivity contribution in [2.24, 2.45) is 17.8 Å². The molecule has 0 spiro atoms. The second kappa shape index (κ2) is 8.10. The van der Waals surface area contributed by atoms with Crippen molar-refractivity contribution in [3.63, 3.8) is 0 Å². The molecule has 0 amide bonds. The van der Waals surface area contributed by atoms with Crippen LogP contribution in [0.15, 0.2) is 28.7 Å². The van der Waals surface area contributed by atoms with E-state index in [1.807, 2.05) is 0 Å². The fourth-order valence-corrected chi connectivity index (χ4v) is 4.83. The van der Waals surface area contributed by atoms with E-state index in [9.17, 15) is 29.3 Å². The van der Waals surface area contributed by atoms with Crippen LogP contribution in [0.4, 0.5) is 5.82 Å². The number of aliphatic carboxylic acids is 1. The van der Waals surface area contributed by atoms with Gasteiger partial charge in [0.05, 0.1) is 13.2 Å². The first-order valence-corrected chi connectivity index (χ1v) is 11.0. The number of hydrogen-bond acceptors (Lipinski definition) is 10. The maximum absolute atomic E-state index is 12.1. The zero-order valence-electron chi connectivity index (χ0n) is 16.1. The number of phosphoric ester groups is 1. The average molecular weight is 459 g/mol. The number of phosphoric acid groups is 1. The van der Waals surface area contributed by atoms with Crippen LogP contribution in [0.3, 0.4) is 0 Å². The van der Waals surface area contributed by atoms with E-state index in [-0.39, 0.29) is 30.2 Å². The number of fused-ring (bicyclic) bond motifs is 1. The Morgan fingerprint density at radius 1 is 1.32 bits per heavy atom. The third kappa shape index (κ3) is 4.44. The zero-order valence-corrected chi connectivity index (χ0v) is 16.9. The highest BCUT2D eigenvalue weighted by atomic mass is 31.2. The first-order valence-electron chi connectivity index (χ1n) is 9.49. The minimum absolute atomic E-state index is 0.00817. The smallest absolute Gasteiger partial charge is 0.472 e. The fraction of sp³-hybridized carbons (Fsp3) is 0.588. The fourth-order valence-electron chi connectivity index (χ4n) is 4.06. The number of carboxylic acids is 1. The number of aliphatic hydroxyl groups is 2. The van der Waals surface area contributed by atoms with Crippen molar-refractivity contribution in [1.29, 1.82) is 0 Å². The number of rotatable bonds is 8. The van der Waals surface area contributed by atoms with Gasteiger partial charge in [-0.05, 0) is 30.2 Å². The number of carbonyl (C=O) groups is 1. The number of ether oxygens (including phenoxy) is 1. The molecule has 2 fully saturated rings. The number of hydrogen-bond donors (Lipinski definition) is 5. The lowest BCUT2D eigenvalue weighted by Crippen LogP contribution is -2.36. The van der Waals surface area contributed by atoms with Crippen LogP contribution in [0.1, 0.15) is 12.6 Å². The maximum Gasteiger partial charge on any atom is 0.472 e. The lowest BCUT2D eigenvalue weighted by molar-refractivity contribution is -0.132. The standard InChI is InChI=1S/C17H22N3O10P/c18-12-1-2-20(17(25)19-12)15-14(22)13(21)11(30-15)6-29-31(26,27)28-5-10-8-3-7(16(23)24)4-9(8)10/h1-3,8-11,13-15,21-22H,4-6H2,(H,23,24)(H,26,27)(H2,18,19,25)/t8?,9?,10?,11-,13+,14+,15-/m1/s1. The number of aromatic nitrogens is 2. The molecular formula is C17H22N3O10P. The highest BCUT2D eigenvalue weighted by Gasteiger charge is 2.54. The van der Waals surface area contributed by atoms with Gasteiger partial charge >= 0.3 is 19.5 Å². The Labute approximate surface area is 175 Å². The third-order valence-corrected chi connectivity index (χ3v) is 6.77. The quantitative estimate of drug-likeness (QED) is 0.293. The molecule has 1 aromatic heterocycles. The van der Waals surface area contributed by atoms with E-state index in [1.54, 1.807) is 6.08 Å². The summed E-state index contributed by atoms with van der Waals surface area (Å²) in [5.41, 5.74) is 4.95. The van der Waals surface area contributed by atoms with Gasteiger partial charge in [-0.25, -0.2) is 14.2 Å². The van der Waals surface area contributed by atoms with Crippen LogP contribution in [-0.2, 0) is 23.1 Å². The minimum atomic E-state index is -4.49. The van der Waals surface area contributed by atoms with Gasteiger partial charge in [0.15, 0.2) is 6.23 Å². The average Bonchev–Trinajstić information content (AvgIpc) is 3.01. The van der Waals surface area contributed by atoms with E-state index in [0.29, 0.717) is 12.0 Å². The number of anilines is 1. The molecule has 8 atom stereocenters. The van der Waals surface area contributed by atoms with Crippen LogP contribution in [-0.4, -0.2) is 67.3 Å². The summed E-state index contributed by atoms with van der Waals surface area (Å²) in [6.45, 7) is -0.668. The molecule has 1 aliphatic heterocycles. The molecule has 4 unspecified atom stereocenters. The summed E-state index contributed by atoms with van der Waals surface area (Å²) in [6.07, 6.45) is -2.24. The molecule has 13 nitrogen and oxygen atoms in total. The highest BCUT2D eigenvalue weighted by Crippen LogP contribution is 2.58. The molecule has 2 heterocycles. The Bertz CT molecular complexity index is 1010. The lowest BCUT2D eigenvalue weighted by Gasteiger charge is -2.18. The molecule has 4 rings (SSSR count). The zero-order chi connectivity index (χ0) is 22.5. The molecule has 31 heavy (non-hydrogen) atoms. The summed E-state index contributed by atoms with van der Waals surface area (Å²) in [6, 6.07) is 1.31. The van der Waals surface area contributed by atoms with Crippen molar-refractivity contribution in [3.8, 4) is 0 Å². The normalized spacial score (nSPS) is 36.0. The van der Waals surface area contributed by atoms with Gasteiger partial charge in [0.1, 0.15) is 24.1 Å². The van der Waals surface area contributed by atoms with Gasteiger partial charge in [0, 0.05) is 11.8 Å². The van der Waals surface area contributed by atoms with Gasteiger partial charge in [0.2, 0.25) is 0 Å². The lowest BCUT2D eigenvalue weighted by atomic mass is 10.1. The van der Waals surface area contributed by atoms with Crippen molar-refractivity contribution in [1.82, 2.24) is 9.55 Å². The first-order chi connectivity index (χ1) is 14.6. The van der Waals surface area contributed by atoms with Crippen molar-refractivity contribution in [2.75, 3.05) is 18.9 Å². The maximum atomic E-state index is 12.1. The Hall–Kier alpha value is -2.12. The number of carboxylic acid groups (broad SMARTS) is 1. The van der Waals surface area contributed by atoms with Crippen LogP contribution < -0.4 is 11.4 Å². The molecule has 6 N–H and O–H groups in total. The van der Waals surface area contributed by atoms with Crippen LogP contribution in [0.25, 0.3) is 0 Å². The van der Waals surface area contributed by atoms with E-state index in [4.69, 9.17) is 24.6 Å². The third-order valence-electron chi connectivity index (χ3n) is 5.82. The molecule has 1 aromatic rings. The summed E-state index contributed by atoms with van der Waals surface area (Å²) >= 11 is 0. The van der Waals surface area contributed by atoms with Crippen molar-refractivity contribution in [3.05, 3.63) is 34.4 Å². The predicted octanol–water partition coefficient (Wildman–Crippen LogP) is -1.14. The summed E-state index contributed by atoms with van der Waals surface area (Å²) < 4.78 is 28.4. The predicted molar refractivity (Wildman–Crippen MR) is 101 cm³/mol. The summed E-state index contributed by atoms with van der Waals surface area (Å²) in [4.78, 5) is 36.2. The van der Waals surface area contributed by atoms with Crippen molar-refractivity contribution in [2.45, 2.75) is 31.0 Å². The summed E-state index contributed by atoms with van der Waals surface area (Å²) in [5, 5.41) is 29.3. The minimum Gasteiger partial charge on any atom is -0.478 e. The molecule has 1 saturated carbocycles. The number of nitrogen functional groups attached to an aromatic ring is 1. The second-order valence-electron chi connectivity index (χ2n) is 7.75. The Kier molecular flexibility index (Phi) is 5.77. The monoisotopic (exact) mass is 459 g/mol. The number of allylic oxidation sites excluding steroid dienone is 1. The topological polar surface area (TPSA) is 204 Å². The Morgan fingerprint density at radius 2 is 2.03 bits per heavy atom. The van der Waals surface area contributed by atoms with Gasteiger partial charge in [0.25, 0.3) is 0 Å². The summed E-state index contributed by atoms with van der Waals surface area (Å²) in [7, 11) is -4.49. The molecule has 2 aliphatic carbocycles. The summed E-state index contributed by atoms with van der Waals surface area (Å²) in [5.74, 6) is -0.961. The largest absolute Gasteiger partial charge is 0.478 e. The van der Waals surface area contributed by atoms with Crippen molar-refractivity contribution < 1.29 is 43.4 Å². The van der Waals surface area contributed by atoms with Gasteiger partial charge in [-0.1, -0.05) is 6.08 Å². The van der Waals surface area contributed by atoms with E-state index in [0.717, 1.165) is 4.57 Å². The molecular weight excluding hydrogens is 437 g/mol. The van der Waals surface area contributed by atoms with Crippen LogP contribution in [0, 0.1) is 17.8 Å². The van der Waals surface area contributed by atoms with Gasteiger partial charge in [-0.3, -0.25) is 13.6 Å². The second-order valence-corrected chi connectivity index (χ2v) is 9.21. The first kappa shape index (κ1) is 22.1. The Balaban J connectivity index is 1.29. The van der Waals surface area contributed by atoms with Crippen LogP contribution in [0.5, 0.6) is 0 Å². The van der Waals surface area contributed by atoms with E-state index in [2.05, 4.69) is 4.98 Å². The van der Waals surface area contributed by atoms with E-state index >= 15 is 0 Å². The van der Waals surface area contributed by atoms with Gasteiger partial charge in [-0.2, -0.15) is 4.98 Å². The number of aliphatic hydroxyl groups excluding tert-OH is 2. The highest BCUT2D eigenvalue weighted by molar-refractivity contribution is 7.47. The van der Waals surface area contributed by atoms with Crippen LogP contribution in [0.2, 0.25) is 0 Å². The molecule has 1 saturated heterocycles. The molecule has 170 valence electrons. The van der Waals surface area contributed by atoms with Crippen LogP contribution >= 0.6 is 7.82 Å². The molecule has 0 aromatic carbocycles. The Morgan fingerprint density at radius 3 is 2.65 bits per heavy atom. The molecule has 0 radical (unpaired) electrons. The van der Waals surface area contributed by atoms with Gasteiger partial charge < -0.3 is 30.7 Å². The van der Waals surface area contributed by atoms with Gasteiger partial charge in [-0.15, -0.1) is 0 Å². The molecule has 0 bridgehead atoms.